The fourth-order valence-electron chi connectivity index (χ4n) is 2.03. The molecule has 0 aromatic carbocycles. The molecule has 0 amide bonds. The molecule has 106 valence electrons. The van der Waals surface area contributed by atoms with Crippen LogP contribution in [0.2, 0.25) is 0 Å². The van der Waals surface area contributed by atoms with Crippen molar-refractivity contribution < 1.29 is 4.74 Å². The summed E-state index contributed by atoms with van der Waals surface area (Å²) in [6, 6.07) is 0.360. The van der Waals surface area contributed by atoms with Crippen molar-refractivity contribution in [2.75, 3.05) is 12.4 Å². The molecule has 0 unspecified atom stereocenters. The standard InChI is InChI=1S/C13H17N5OS/c1-9(2)18-8-10(6-15-18)14-7-11-12(19-3)16-13-17(11)4-5-20-13/h4-6,8-9,14H,7H2,1-3H3. The minimum Gasteiger partial charge on any atom is -0.480 e. The van der Waals surface area contributed by atoms with Crippen molar-refractivity contribution in [1.29, 1.82) is 0 Å². The molecular formula is C13H17N5OS. The zero-order valence-electron chi connectivity index (χ0n) is 11.7. The maximum absolute atomic E-state index is 5.33. The molecule has 7 heteroatoms. The summed E-state index contributed by atoms with van der Waals surface area (Å²) in [7, 11) is 1.65. The number of methoxy groups -OCH3 is 1. The first-order valence-corrected chi connectivity index (χ1v) is 7.33. The second-order valence-electron chi connectivity index (χ2n) is 4.78. The molecule has 0 aliphatic rings. The molecule has 3 rings (SSSR count). The van der Waals surface area contributed by atoms with Crippen LogP contribution in [0.4, 0.5) is 5.69 Å². The first-order chi connectivity index (χ1) is 9.69. The van der Waals surface area contributed by atoms with Gasteiger partial charge in [-0.25, -0.2) is 0 Å². The molecule has 0 saturated heterocycles. The molecule has 3 heterocycles. The van der Waals surface area contributed by atoms with Gasteiger partial charge in [-0.15, -0.1) is 11.3 Å². The molecule has 3 aromatic rings. The average Bonchev–Trinajstić information content (AvgIpc) is 3.11. The zero-order valence-corrected chi connectivity index (χ0v) is 12.5. The van der Waals surface area contributed by atoms with Crippen LogP contribution in [0.5, 0.6) is 5.88 Å². The van der Waals surface area contributed by atoms with Gasteiger partial charge < -0.3 is 10.1 Å². The van der Waals surface area contributed by atoms with E-state index in [-0.39, 0.29) is 0 Å². The molecule has 0 aliphatic heterocycles. The van der Waals surface area contributed by atoms with Gasteiger partial charge in [-0.05, 0) is 13.8 Å². The van der Waals surface area contributed by atoms with Crippen LogP contribution in [0.25, 0.3) is 4.96 Å². The van der Waals surface area contributed by atoms with Crippen LogP contribution in [-0.4, -0.2) is 26.3 Å². The van der Waals surface area contributed by atoms with Crippen LogP contribution >= 0.6 is 11.3 Å². The molecular weight excluding hydrogens is 274 g/mol. The third kappa shape index (κ3) is 2.24. The molecule has 0 saturated carbocycles. The minimum absolute atomic E-state index is 0.360. The van der Waals surface area contributed by atoms with Gasteiger partial charge in [-0.2, -0.15) is 10.1 Å². The zero-order chi connectivity index (χ0) is 14.1. The Morgan fingerprint density at radius 1 is 1.45 bits per heavy atom. The van der Waals surface area contributed by atoms with Crippen molar-refractivity contribution in [3.63, 3.8) is 0 Å². The highest BCUT2D eigenvalue weighted by atomic mass is 32.1. The third-order valence-corrected chi connectivity index (χ3v) is 3.86. The Kier molecular flexibility index (Phi) is 3.35. The summed E-state index contributed by atoms with van der Waals surface area (Å²) in [6.45, 7) is 4.85. The van der Waals surface area contributed by atoms with Gasteiger partial charge >= 0.3 is 0 Å². The van der Waals surface area contributed by atoms with E-state index in [2.05, 4.69) is 29.2 Å². The number of thiazole rings is 1. The molecule has 0 aliphatic carbocycles. The highest BCUT2D eigenvalue weighted by Crippen LogP contribution is 2.24. The Hall–Kier alpha value is -2.02. The molecule has 1 N–H and O–H groups in total. The Morgan fingerprint density at radius 2 is 2.30 bits per heavy atom. The summed E-state index contributed by atoms with van der Waals surface area (Å²) in [5, 5.41) is 9.69. The van der Waals surface area contributed by atoms with E-state index in [0.29, 0.717) is 18.5 Å². The van der Waals surface area contributed by atoms with E-state index in [1.807, 2.05) is 33.1 Å². The predicted octanol–water partition coefficient (Wildman–Crippen LogP) is 2.79. The second kappa shape index (κ2) is 5.16. The molecule has 3 aromatic heterocycles. The molecule has 0 spiro atoms. The molecule has 0 atom stereocenters. The Morgan fingerprint density at radius 3 is 3.00 bits per heavy atom. The second-order valence-corrected chi connectivity index (χ2v) is 5.65. The summed E-state index contributed by atoms with van der Waals surface area (Å²) in [6.07, 6.45) is 5.84. The number of hydrogen-bond acceptors (Lipinski definition) is 5. The quantitative estimate of drug-likeness (QED) is 0.785. The van der Waals surface area contributed by atoms with Gasteiger partial charge in [0.1, 0.15) is 5.69 Å². The number of nitrogens with zero attached hydrogens (tertiary/aromatic N) is 4. The normalized spacial score (nSPS) is 11.4. The van der Waals surface area contributed by atoms with Gasteiger partial charge in [-0.1, -0.05) is 0 Å². The number of imidazole rings is 1. The third-order valence-electron chi connectivity index (χ3n) is 3.11. The van der Waals surface area contributed by atoms with Crippen molar-refractivity contribution in [3.05, 3.63) is 29.7 Å². The summed E-state index contributed by atoms with van der Waals surface area (Å²) in [5.74, 6) is 0.667. The van der Waals surface area contributed by atoms with Gasteiger partial charge in [0.15, 0.2) is 4.96 Å². The van der Waals surface area contributed by atoms with Crippen LogP contribution in [0.15, 0.2) is 24.0 Å². The number of hydrogen-bond donors (Lipinski definition) is 1. The highest BCUT2D eigenvalue weighted by Gasteiger charge is 2.13. The van der Waals surface area contributed by atoms with Crippen LogP contribution < -0.4 is 10.1 Å². The largest absolute Gasteiger partial charge is 0.480 e. The molecule has 20 heavy (non-hydrogen) atoms. The van der Waals surface area contributed by atoms with E-state index in [0.717, 1.165) is 16.3 Å². The molecule has 6 nitrogen and oxygen atoms in total. The van der Waals surface area contributed by atoms with Crippen LogP contribution in [-0.2, 0) is 6.54 Å². The number of aromatic nitrogens is 4. The SMILES string of the molecule is COc1nc2sccn2c1CNc1cnn(C(C)C)c1. The summed E-state index contributed by atoms with van der Waals surface area (Å²) < 4.78 is 9.31. The van der Waals surface area contributed by atoms with Crippen LogP contribution in [0.1, 0.15) is 25.6 Å². The van der Waals surface area contributed by atoms with Gasteiger partial charge in [0, 0.05) is 23.8 Å². The van der Waals surface area contributed by atoms with Crippen molar-refractivity contribution >= 4 is 22.0 Å². The van der Waals surface area contributed by atoms with Crippen molar-refractivity contribution in [2.24, 2.45) is 0 Å². The van der Waals surface area contributed by atoms with Gasteiger partial charge in [0.25, 0.3) is 0 Å². The fraction of sp³-hybridized carbons (Fsp3) is 0.385. The Balaban J connectivity index is 1.80. The van der Waals surface area contributed by atoms with Crippen LogP contribution in [0.3, 0.4) is 0 Å². The van der Waals surface area contributed by atoms with E-state index < -0.39 is 0 Å². The highest BCUT2D eigenvalue weighted by molar-refractivity contribution is 7.15. The summed E-state index contributed by atoms with van der Waals surface area (Å²) >= 11 is 1.59. The topological polar surface area (TPSA) is 56.4 Å². The van der Waals surface area contributed by atoms with Gasteiger partial charge in [0.2, 0.25) is 5.88 Å². The molecule has 0 fully saturated rings. The number of anilines is 1. The maximum Gasteiger partial charge on any atom is 0.238 e. The Labute approximate surface area is 121 Å². The van der Waals surface area contributed by atoms with Crippen molar-refractivity contribution in [1.82, 2.24) is 19.2 Å². The molecule has 0 radical (unpaired) electrons. The lowest BCUT2D eigenvalue weighted by molar-refractivity contribution is 0.395. The van der Waals surface area contributed by atoms with Crippen molar-refractivity contribution in [3.8, 4) is 5.88 Å². The fourth-order valence-corrected chi connectivity index (χ4v) is 2.76. The lowest BCUT2D eigenvalue weighted by Crippen LogP contribution is -2.03. The summed E-state index contributed by atoms with van der Waals surface area (Å²) in [5.41, 5.74) is 2.01. The smallest absolute Gasteiger partial charge is 0.238 e. The lowest BCUT2D eigenvalue weighted by atomic mass is 10.4. The van der Waals surface area contributed by atoms with E-state index in [1.54, 1.807) is 18.4 Å². The maximum atomic E-state index is 5.33. The van der Waals surface area contributed by atoms with E-state index >= 15 is 0 Å². The minimum atomic E-state index is 0.360. The number of nitrogens with one attached hydrogen (secondary N) is 1. The number of fused-ring (bicyclic) bond motifs is 1. The first kappa shape index (κ1) is 13.0. The number of rotatable bonds is 5. The van der Waals surface area contributed by atoms with Gasteiger partial charge in [0.05, 0.1) is 25.5 Å². The average molecular weight is 291 g/mol. The van der Waals surface area contributed by atoms with E-state index in [9.17, 15) is 0 Å². The lowest BCUT2D eigenvalue weighted by Gasteiger charge is -2.05. The molecule has 0 bridgehead atoms. The Bertz CT molecular complexity index is 711. The van der Waals surface area contributed by atoms with Gasteiger partial charge in [-0.3, -0.25) is 9.08 Å². The number of ether oxygens (including phenoxy) is 1. The van der Waals surface area contributed by atoms with Crippen molar-refractivity contribution in [2.45, 2.75) is 26.4 Å². The van der Waals surface area contributed by atoms with E-state index in [4.69, 9.17) is 4.74 Å². The first-order valence-electron chi connectivity index (χ1n) is 6.45. The van der Waals surface area contributed by atoms with Crippen LogP contribution in [0, 0.1) is 0 Å². The monoisotopic (exact) mass is 291 g/mol. The summed E-state index contributed by atoms with van der Waals surface area (Å²) in [4.78, 5) is 5.38. The van der Waals surface area contributed by atoms with E-state index in [1.165, 1.54) is 0 Å². The predicted molar refractivity (Wildman–Crippen MR) is 79.6 cm³/mol.